The Morgan fingerprint density at radius 3 is 2.38 bits per heavy atom. The summed E-state index contributed by atoms with van der Waals surface area (Å²) in [7, 11) is 2.95. The topological polar surface area (TPSA) is 126 Å². The number of hydrogen-bond acceptors (Lipinski definition) is 7. The zero-order chi connectivity index (χ0) is 24.5. The molecule has 1 aliphatic rings. The van der Waals surface area contributed by atoms with E-state index in [0.29, 0.717) is 28.5 Å². The van der Waals surface area contributed by atoms with E-state index in [0.717, 1.165) is 32.1 Å². The largest absolute Gasteiger partial charge is 0.493 e. The second-order valence-electron chi connectivity index (χ2n) is 8.06. The van der Waals surface area contributed by atoms with E-state index in [-0.39, 0.29) is 30.6 Å². The second kappa shape index (κ2) is 11.9. The number of benzene rings is 2. The highest BCUT2D eigenvalue weighted by molar-refractivity contribution is 6.02. The molecule has 34 heavy (non-hydrogen) atoms. The Labute approximate surface area is 198 Å². The van der Waals surface area contributed by atoms with Crippen molar-refractivity contribution in [2.24, 2.45) is 11.7 Å². The first-order valence-corrected chi connectivity index (χ1v) is 11.1. The minimum absolute atomic E-state index is 0.0447. The number of esters is 1. The zero-order valence-electron chi connectivity index (χ0n) is 19.4. The monoisotopic (exact) mass is 470 g/mol. The van der Waals surface area contributed by atoms with E-state index in [2.05, 4.69) is 5.32 Å². The molecular weight excluding hydrogens is 440 g/mol. The smallest absolute Gasteiger partial charge is 0.340 e. The van der Waals surface area contributed by atoms with Crippen molar-refractivity contribution in [1.29, 1.82) is 0 Å². The van der Waals surface area contributed by atoms with Gasteiger partial charge in [-0.3, -0.25) is 9.59 Å². The summed E-state index contributed by atoms with van der Waals surface area (Å²) in [4.78, 5) is 36.8. The minimum atomic E-state index is -0.636. The molecule has 0 aromatic heterocycles. The molecular formula is C25H30N2O7. The Balaban J connectivity index is 1.77. The van der Waals surface area contributed by atoms with Gasteiger partial charge in [0.25, 0.3) is 5.91 Å². The second-order valence-corrected chi connectivity index (χ2v) is 8.06. The summed E-state index contributed by atoms with van der Waals surface area (Å²) in [6.07, 6.45) is 4.81. The van der Waals surface area contributed by atoms with Crippen LogP contribution in [0.5, 0.6) is 17.2 Å². The SMILES string of the molecule is COc1cc(NC(=O)C2CCCCC2)c(C(=O)OCc2cccc(OCC(N)=O)c2)cc1OC. The fourth-order valence-electron chi connectivity index (χ4n) is 3.86. The van der Waals surface area contributed by atoms with Gasteiger partial charge in [-0.1, -0.05) is 31.4 Å². The average Bonchev–Trinajstić information content (AvgIpc) is 2.86. The van der Waals surface area contributed by atoms with Crippen LogP contribution in [0.4, 0.5) is 5.69 Å². The number of anilines is 1. The molecule has 3 N–H and O–H groups in total. The molecule has 1 fully saturated rings. The third kappa shape index (κ3) is 6.63. The van der Waals surface area contributed by atoms with Crippen LogP contribution in [-0.4, -0.2) is 38.6 Å². The summed E-state index contributed by atoms with van der Waals surface area (Å²) in [5.74, 6) is -0.284. The summed E-state index contributed by atoms with van der Waals surface area (Å²) < 4.78 is 21.5. The molecule has 9 heteroatoms. The Morgan fingerprint density at radius 2 is 1.71 bits per heavy atom. The molecule has 0 aliphatic heterocycles. The normalized spacial score (nSPS) is 13.6. The summed E-state index contributed by atoms with van der Waals surface area (Å²) in [5, 5.41) is 2.88. The first-order chi connectivity index (χ1) is 16.4. The molecule has 0 spiro atoms. The molecule has 1 saturated carbocycles. The Kier molecular flexibility index (Phi) is 8.73. The number of methoxy groups -OCH3 is 2. The number of carbonyl (C=O) groups excluding carboxylic acids is 3. The van der Waals surface area contributed by atoms with Crippen LogP contribution in [0, 0.1) is 5.92 Å². The molecule has 3 rings (SSSR count). The van der Waals surface area contributed by atoms with Crippen LogP contribution in [-0.2, 0) is 20.9 Å². The lowest BCUT2D eigenvalue weighted by Gasteiger charge is -2.22. The first-order valence-electron chi connectivity index (χ1n) is 11.1. The summed E-state index contributed by atoms with van der Waals surface area (Å²) >= 11 is 0. The van der Waals surface area contributed by atoms with Gasteiger partial charge in [-0.15, -0.1) is 0 Å². The predicted octanol–water partition coefficient (Wildman–Crippen LogP) is 3.44. The number of rotatable bonds is 10. The quantitative estimate of drug-likeness (QED) is 0.509. The standard InChI is InChI=1S/C25H30N2O7/c1-31-21-12-19(20(13-22(21)32-2)27-24(29)17-8-4-3-5-9-17)25(30)34-14-16-7-6-10-18(11-16)33-15-23(26)28/h6-7,10-13,17H,3-5,8-9,14-15H2,1-2H3,(H2,26,28)(H,27,29). The van der Waals surface area contributed by atoms with Gasteiger partial charge < -0.3 is 30.0 Å². The van der Waals surface area contributed by atoms with Gasteiger partial charge in [0.05, 0.1) is 25.5 Å². The van der Waals surface area contributed by atoms with Gasteiger partial charge in [-0.25, -0.2) is 4.79 Å². The van der Waals surface area contributed by atoms with Crippen molar-refractivity contribution in [3.8, 4) is 17.2 Å². The van der Waals surface area contributed by atoms with Crippen LogP contribution in [0.25, 0.3) is 0 Å². The van der Waals surface area contributed by atoms with Gasteiger partial charge in [0, 0.05) is 18.1 Å². The molecule has 2 aromatic rings. The Morgan fingerprint density at radius 1 is 1.00 bits per heavy atom. The predicted molar refractivity (Wildman–Crippen MR) is 125 cm³/mol. The van der Waals surface area contributed by atoms with E-state index >= 15 is 0 Å². The fourth-order valence-corrected chi connectivity index (χ4v) is 3.86. The minimum Gasteiger partial charge on any atom is -0.493 e. The van der Waals surface area contributed by atoms with E-state index in [1.54, 1.807) is 30.3 Å². The van der Waals surface area contributed by atoms with Gasteiger partial charge >= 0.3 is 5.97 Å². The highest BCUT2D eigenvalue weighted by atomic mass is 16.5. The van der Waals surface area contributed by atoms with Crippen molar-refractivity contribution in [1.82, 2.24) is 0 Å². The molecule has 2 amide bonds. The van der Waals surface area contributed by atoms with Gasteiger partial charge in [0.15, 0.2) is 18.1 Å². The molecule has 9 nitrogen and oxygen atoms in total. The van der Waals surface area contributed by atoms with E-state index in [9.17, 15) is 14.4 Å². The number of ether oxygens (including phenoxy) is 4. The van der Waals surface area contributed by atoms with Crippen molar-refractivity contribution in [2.45, 2.75) is 38.7 Å². The molecule has 2 aromatic carbocycles. The van der Waals surface area contributed by atoms with E-state index in [1.165, 1.54) is 20.3 Å². The number of hydrogen-bond donors (Lipinski definition) is 2. The average molecular weight is 471 g/mol. The van der Waals surface area contributed by atoms with Crippen LogP contribution in [0.15, 0.2) is 36.4 Å². The molecule has 0 saturated heterocycles. The first kappa shape index (κ1) is 24.9. The highest BCUT2D eigenvalue weighted by Gasteiger charge is 2.25. The van der Waals surface area contributed by atoms with Gasteiger partial charge in [-0.05, 0) is 30.5 Å². The molecule has 0 radical (unpaired) electrons. The van der Waals surface area contributed by atoms with Crippen molar-refractivity contribution >= 4 is 23.5 Å². The van der Waals surface area contributed by atoms with Gasteiger partial charge in [0.2, 0.25) is 5.91 Å². The zero-order valence-corrected chi connectivity index (χ0v) is 19.4. The number of nitrogens with two attached hydrogens (primary N) is 1. The maximum absolute atomic E-state index is 13.0. The van der Waals surface area contributed by atoms with E-state index < -0.39 is 11.9 Å². The van der Waals surface area contributed by atoms with Crippen LogP contribution in [0.2, 0.25) is 0 Å². The third-order valence-electron chi connectivity index (χ3n) is 5.63. The van der Waals surface area contributed by atoms with Crippen molar-refractivity contribution in [2.75, 3.05) is 26.1 Å². The van der Waals surface area contributed by atoms with Gasteiger partial charge in [0.1, 0.15) is 12.4 Å². The molecule has 0 unspecified atom stereocenters. The number of primary amides is 1. The Hall–Kier alpha value is -3.75. The lowest BCUT2D eigenvalue weighted by molar-refractivity contribution is -0.121. The van der Waals surface area contributed by atoms with Crippen LogP contribution in [0.3, 0.4) is 0 Å². The number of nitrogens with one attached hydrogen (secondary N) is 1. The maximum atomic E-state index is 13.0. The van der Waals surface area contributed by atoms with Gasteiger partial charge in [-0.2, -0.15) is 0 Å². The lowest BCUT2D eigenvalue weighted by Crippen LogP contribution is -2.26. The third-order valence-corrected chi connectivity index (χ3v) is 5.63. The summed E-state index contributed by atoms with van der Waals surface area (Å²) in [6.45, 7) is -0.296. The van der Waals surface area contributed by atoms with Crippen LogP contribution in [0.1, 0.15) is 48.0 Å². The maximum Gasteiger partial charge on any atom is 0.340 e. The fraction of sp³-hybridized carbons (Fsp3) is 0.400. The molecule has 1 aliphatic carbocycles. The number of amides is 2. The molecule has 182 valence electrons. The van der Waals surface area contributed by atoms with Crippen LogP contribution >= 0.6 is 0 Å². The van der Waals surface area contributed by atoms with E-state index in [1.807, 2.05) is 0 Å². The molecule has 0 bridgehead atoms. The lowest BCUT2D eigenvalue weighted by atomic mass is 9.88. The summed E-state index contributed by atoms with van der Waals surface area (Å²) in [5.41, 5.74) is 6.21. The van der Waals surface area contributed by atoms with Crippen molar-refractivity contribution < 1.29 is 33.3 Å². The van der Waals surface area contributed by atoms with Crippen LogP contribution < -0.4 is 25.3 Å². The summed E-state index contributed by atoms with van der Waals surface area (Å²) in [6, 6.07) is 9.84. The Bertz CT molecular complexity index is 1030. The number of carbonyl (C=O) groups is 3. The van der Waals surface area contributed by atoms with E-state index in [4.69, 9.17) is 24.7 Å². The molecule has 0 heterocycles. The van der Waals surface area contributed by atoms with Crippen molar-refractivity contribution in [3.05, 3.63) is 47.5 Å². The highest BCUT2D eigenvalue weighted by Crippen LogP contribution is 2.35. The molecule has 0 atom stereocenters. The van der Waals surface area contributed by atoms with Crippen molar-refractivity contribution in [3.63, 3.8) is 0 Å².